The van der Waals surface area contributed by atoms with Crippen LogP contribution in [0.5, 0.6) is 0 Å². The first kappa shape index (κ1) is 16.8. The number of halogens is 1. The number of hydrogen-bond acceptors (Lipinski definition) is 3. The highest BCUT2D eigenvalue weighted by Crippen LogP contribution is 2.36. The Morgan fingerprint density at radius 2 is 2.22 bits per heavy atom. The lowest BCUT2D eigenvalue weighted by Gasteiger charge is -2.31. The van der Waals surface area contributed by atoms with E-state index in [1.807, 2.05) is 0 Å². The summed E-state index contributed by atoms with van der Waals surface area (Å²) in [6.45, 7) is 2.97. The molecule has 1 amide bonds. The third-order valence-electron chi connectivity index (χ3n) is 3.87. The number of rotatable bonds is 5. The second-order valence-corrected chi connectivity index (χ2v) is 5.74. The smallest absolute Gasteiger partial charge is 0.345 e. The first-order valence-corrected chi connectivity index (χ1v) is 7.43. The zero-order chi connectivity index (χ0) is 17.2. The summed E-state index contributed by atoms with van der Waals surface area (Å²) in [5, 5.41) is 22.8. The Kier molecular flexibility index (Phi) is 4.62. The molecule has 0 aliphatic carbocycles. The predicted octanol–water partition coefficient (Wildman–Crippen LogP) is 2.80. The number of nitriles is 1. The van der Waals surface area contributed by atoms with Crippen LogP contribution in [0.2, 0.25) is 5.02 Å². The van der Waals surface area contributed by atoms with Gasteiger partial charge >= 0.3 is 5.97 Å². The lowest BCUT2D eigenvalue weighted by Crippen LogP contribution is -2.57. The van der Waals surface area contributed by atoms with Gasteiger partial charge in [-0.25, -0.2) is 4.79 Å². The van der Waals surface area contributed by atoms with Gasteiger partial charge in [0, 0.05) is 35.0 Å². The maximum absolute atomic E-state index is 11.8. The molecule has 0 radical (unpaired) electrons. The number of aromatic nitrogens is 1. The molecule has 0 bridgehead atoms. The molecule has 6 nitrogen and oxygen atoms in total. The van der Waals surface area contributed by atoms with Gasteiger partial charge in [0.25, 0.3) is 0 Å². The van der Waals surface area contributed by atoms with Crippen LogP contribution in [0.15, 0.2) is 24.4 Å². The van der Waals surface area contributed by atoms with E-state index in [0.717, 1.165) is 10.9 Å². The molecule has 2 rings (SSSR count). The number of carbonyl (C=O) groups excluding carboxylic acids is 1. The number of amides is 1. The number of aliphatic carboxylic acids is 1. The van der Waals surface area contributed by atoms with E-state index < -0.39 is 23.3 Å². The van der Waals surface area contributed by atoms with Crippen molar-refractivity contribution in [1.82, 2.24) is 10.3 Å². The third kappa shape index (κ3) is 2.88. The highest BCUT2D eigenvalue weighted by molar-refractivity contribution is 6.31. The molecule has 0 saturated carbocycles. The number of carboxylic acid groups (broad SMARTS) is 1. The van der Waals surface area contributed by atoms with Crippen LogP contribution in [0.4, 0.5) is 0 Å². The molecule has 0 aliphatic heterocycles. The third-order valence-corrected chi connectivity index (χ3v) is 4.10. The summed E-state index contributed by atoms with van der Waals surface area (Å²) in [6.07, 6.45) is 2.02. The number of carboxylic acids is 1. The molecule has 0 fully saturated rings. The van der Waals surface area contributed by atoms with Gasteiger partial charge in [-0.2, -0.15) is 5.26 Å². The topological polar surface area (TPSA) is 106 Å². The van der Waals surface area contributed by atoms with Crippen LogP contribution in [0.25, 0.3) is 10.9 Å². The molecule has 23 heavy (non-hydrogen) atoms. The average molecular weight is 334 g/mol. The van der Waals surface area contributed by atoms with Crippen molar-refractivity contribution in [3.63, 3.8) is 0 Å². The summed E-state index contributed by atoms with van der Waals surface area (Å²) in [6, 6.07) is 6.98. The quantitative estimate of drug-likeness (QED) is 0.782. The Hall–Kier alpha value is -2.52. The van der Waals surface area contributed by atoms with E-state index in [4.69, 9.17) is 11.6 Å². The van der Waals surface area contributed by atoms with Crippen LogP contribution in [0.3, 0.4) is 0 Å². The van der Waals surface area contributed by atoms with Crippen LogP contribution in [0, 0.1) is 11.3 Å². The van der Waals surface area contributed by atoms with Crippen LogP contribution in [0.1, 0.15) is 31.7 Å². The Morgan fingerprint density at radius 1 is 1.52 bits per heavy atom. The lowest BCUT2D eigenvalue weighted by atomic mass is 9.78. The van der Waals surface area contributed by atoms with E-state index in [2.05, 4.69) is 10.3 Å². The van der Waals surface area contributed by atoms with Crippen LogP contribution in [-0.4, -0.2) is 27.5 Å². The minimum atomic E-state index is -2.03. The molecule has 0 saturated heterocycles. The largest absolute Gasteiger partial charge is 0.479 e. The van der Waals surface area contributed by atoms with Gasteiger partial charge in [0.2, 0.25) is 11.4 Å². The minimum absolute atomic E-state index is 0.357. The molecule has 2 unspecified atom stereocenters. The molecule has 1 heterocycles. The van der Waals surface area contributed by atoms with Crippen molar-refractivity contribution in [2.45, 2.75) is 31.7 Å². The zero-order valence-electron chi connectivity index (χ0n) is 12.7. The molecule has 3 N–H and O–H groups in total. The second kappa shape index (κ2) is 6.31. The molecule has 0 spiro atoms. The minimum Gasteiger partial charge on any atom is -0.479 e. The van der Waals surface area contributed by atoms with Gasteiger partial charge in [-0.05, 0) is 24.1 Å². The van der Waals surface area contributed by atoms with Crippen molar-refractivity contribution in [3.8, 4) is 6.07 Å². The lowest BCUT2D eigenvalue weighted by molar-refractivity contribution is -0.145. The molecule has 1 aromatic heterocycles. The van der Waals surface area contributed by atoms with Gasteiger partial charge in [0.05, 0.1) is 0 Å². The van der Waals surface area contributed by atoms with Crippen molar-refractivity contribution in [1.29, 1.82) is 5.26 Å². The predicted molar refractivity (Wildman–Crippen MR) is 86.1 cm³/mol. The Balaban J connectivity index is 2.65. The van der Waals surface area contributed by atoms with Crippen molar-refractivity contribution >= 4 is 34.4 Å². The fraction of sp³-hybridized carbons (Fsp3) is 0.312. The second-order valence-electron chi connectivity index (χ2n) is 5.30. The Bertz CT molecular complexity index is 808. The van der Waals surface area contributed by atoms with Crippen LogP contribution >= 0.6 is 11.6 Å². The Labute approximate surface area is 138 Å². The van der Waals surface area contributed by atoms with Gasteiger partial charge in [0.15, 0.2) is 0 Å². The standard InChI is InChI=1S/C16H16ClN3O3/c1-3-13(16(8-18,15(22)23)20-9(2)21)12-7-19-14-6-10(17)4-5-11(12)14/h4-7,13,19H,3H2,1-2H3,(H,20,21)(H,22,23). The molecular weight excluding hydrogens is 318 g/mol. The summed E-state index contributed by atoms with van der Waals surface area (Å²) in [5.41, 5.74) is -0.641. The van der Waals surface area contributed by atoms with Crippen LogP contribution < -0.4 is 5.32 Å². The van der Waals surface area contributed by atoms with Gasteiger partial charge in [-0.15, -0.1) is 0 Å². The maximum atomic E-state index is 11.8. The van der Waals surface area contributed by atoms with Gasteiger partial charge in [-0.1, -0.05) is 24.6 Å². The van der Waals surface area contributed by atoms with E-state index in [1.54, 1.807) is 37.4 Å². The highest BCUT2D eigenvalue weighted by Gasteiger charge is 2.48. The molecule has 0 aliphatic rings. The van der Waals surface area contributed by atoms with Gasteiger partial charge < -0.3 is 15.4 Å². The van der Waals surface area contributed by atoms with E-state index in [0.29, 0.717) is 17.0 Å². The number of hydrogen-bond donors (Lipinski definition) is 3. The number of H-pyrrole nitrogens is 1. The normalized spacial score (nSPS) is 14.7. The fourth-order valence-electron chi connectivity index (χ4n) is 2.89. The summed E-state index contributed by atoms with van der Waals surface area (Å²) in [7, 11) is 0. The SMILES string of the molecule is CCC(c1c[nH]c2cc(Cl)ccc12)C(C#N)(NC(C)=O)C(=O)O. The maximum Gasteiger partial charge on any atom is 0.345 e. The van der Waals surface area contributed by atoms with E-state index in [-0.39, 0.29) is 0 Å². The highest BCUT2D eigenvalue weighted by atomic mass is 35.5. The first-order valence-electron chi connectivity index (χ1n) is 7.05. The fourth-order valence-corrected chi connectivity index (χ4v) is 3.06. The number of nitrogens with one attached hydrogen (secondary N) is 2. The summed E-state index contributed by atoms with van der Waals surface area (Å²) < 4.78 is 0. The van der Waals surface area contributed by atoms with Crippen LogP contribution in [-0.2, 0) is 9.59 Å². The molecule has 2 aromatic rings. The number of aromatic amines is 1. The van der Waals surface area contributed by atoms with E-state index >= 15 is 0 Å². The number of carbonyl (C=O) groups is 2. The molecule has 7 heteroatoms. The van der Waals surface area contributed by atoms with Crippen molar-refractivity contribution in [3.05, 3.63) is 35.0 Å². The summed E-state index contributed by atoms with van der Waals surface area (Å²) >= 11 is 5.95. The van der Waals surface area contributed by atoms with E-state index in [1.165, 1.54) is 6.92 Å². The number of fused-ring (bicyclic) bond motifs is 1. The monoisotopic (exact) mass is 333 g/mol. The summed E-state index contributed by atoms with van der Waals surface area (Å²) in [4.78, 5) is 26.3. The van der Waals surface area contributed by atoms with E-state index in [9.17, 15) is 20.0 Å². The molecule has 120 valence electrons. The van der Waals surface area contributed by atoms with Crippen molar-refractivity contribution in [2.24, 2.45) is 0 Å². The molecule has 2 atom stereocenters. The average Bonchev–Trinajstić information content (AvgIpc) is 2.89. The number of benzene rings is 1. The zero-order valence-corrected chi connectivity index (χ0v) is 13.4. The first-order chi connectivity index (χ1) is 10.9. The van der Waals surface area contributed by atoms with Crippen molar-refractivity contribution in [2.75, 3.05) is 0 Å². The number of nitrogens with zero attached hydrogens (tertiary/aromatic N) is 1. The Morgan fingerprint density at radius 3 is 2.74 bits per heavy atom. The van der Waals surface area contributed by atoms with Gasteiger partial charge in [0.1, 0.15) is 6.07 Å². The van der Waals surface area contributed by atoms with Crippen molar-refractivity contribution < 1.29 is 14.7 Å². The molecular formula is C16H16ClN3O3. The van der Waals surface area contributed by atoms with Gasteiger partial charge in [-0.3, -0.25) is 4.79 Å². The molecule has 1 aromatic carbocycles. The summed E-state index contributed by atoms with van der Waals surface area (Å²) in [5.74, 6) is -2.68.